The number of amides is 1. The molecule has 15 heavy (non-hydrogen) atoms. The summed E-state index contributed by atoms with van der Waals surface area (Å²) in [4.78, 5) is 10.9. The number of hydrogen-bond acceptors (Lipinski definition) is 4. The van der Waals surface area contributed by atoms with Crippen LogP contribution in [0.3, 0.4) is 0 Å². The first-order valence-electron chi connectivity index (χ1n) is 4.66. The molecule has 0 unspecified atom stereocenters. The fourth-order valence-corrected chi connectivity index (χ4v) is 0.728. The highest BCUT2D eigenvalue weighted by atomic mass is 16.5. The van der Waals surface area contributed by atoms with E-state index in [4.69, 9.17) is 20.6 Å². The van der Waals surface area contributed by atoms with E-state index in [1.165, 1.54) is 0 Å². The topological polar surface area (TPSA) is 56.8 Å². The summed E-state index contributed by atoms with van der Waals surface area (Å²) in [5.74, 6) is 2.08. The van der Waals surface area contributed by atoms with Crippen LogP contribution < -0.4 is 5.32 Å². The second-order valence-electron chi connectivity index (χ2n) is 2.64. The van der Waals surface area contributed by atoms with Crippen LogP contribution in [-0.4, -0.2) is 52.6 Å². The predicted molar refractivity (Wildman–Crippen MR) is 55.4 cm³/mol. The van der Waals surface area contributed by atoms with Crippen LogP contribution in [0.2, 0.25) is 0 Å². The zero-order valence-corrected chi connectivity index (χ0v) is 8.95. The number of methoxy groups -OCH3 is 1. The summed E-state index contributed by atoms with van der Waals surface area (Å²) in [5, 5.41) is 2.48. The smallest absolute Gasteiger partial charge is 0.246 e. The number of hydrogen-bond donors (Lipinski definition) is 1. The Morgan fingerprint density at radius 3 is 2.60 bits per heavy atom. The molecule has 86 valence electrons. The molecule has 0 fully saturated rings. The second-order valence-corrected chi connectivity index (χ2v) is 2.64. The first kappa shape index (κ1) is 13.9. The zero-order valence-electron chi connectivity index (χ0n) is 8.95. The summed E-state index contributed by atoms with van der Waals surface area (Å²) in [7, 11) is 1.61. The summed E-state index contributed by atoms with van der Waals surface area (Å²) in [6.07, 6.45) is 4.96. The Kier molecular flexibility index (Phi) is 10.2. The van der Waals surface area contributed by atoms with Crippen LogP contribution >= 0.6 is 0 Å². The molecule has 0 aromatic carbocycles. The van der Waals surface area contributed by atoms with Gasteiger partial charge in [-0.25, -0.2) is 0 Å². The van der Waals surface area contributed by atoms with E-state index in [0.29, 0.717) is 26.4 Å². The molecule has 0 saturated carbocycles. The average molecular weight is 215 g/mol. The molecule has 1 amide bonds. The summed E-state index contributed by atoms with van der Waals surface area (Å²) in [6.45, 7) is 2.16. The average Bonchev–Trinajstić information content (AvgIpc) is 2.25. The minimum Gasteiger partial charge on any atom is -0.382 e. The zero-order chi connectivity index (χ0) is 11.4. The molecule has 5 heteroatoms. The van der Waals surface area contributed by atoms with Gasteiger partial charge in [-0.1, -0.05) is 5.92 Å². The lowest BCUT2D eigenvalue weighted by Gasteiger charge is -2.05. The van der Waals surface area contributed by atoms with Crippen LogP contribution in [-0.2, 0) is 19.0 Å². The Balaban J connectivity index is 3.10. The lowest BCUT2D eigenvalue weighted by molar-refractivity contribution is -0.126. The highest BCUT2D eigenvalue weighted by molar-refractivity contribution is 5.77. The molecule has 0 radical (unpaired) electrons. The summed E-state index contributed by atoms with van der Waals surface area (Å²) < 4.78 is 14.9. The molecule has 0 aromatic rings. The molecule has 0 heterocycles. The number of rotatable bonds is 9. The van der Waals surface area contributed by atoms with E-state index >= 15 is 0 Å². The maximum Gasteiger partial charge on any atom is 0.246 e. The minimum atomic E-state index is -0.218. The van der Waals surface area contributed by atoms with Gasteiger partial charge in [0.25, 0.3) is 0 Å². The van der Waals surface area contributed by atoms with Crippen LogP contribution in [0, 0.1) is 12.3 Å². The van der Waals surface area contributed by atoms with Crippen LogP contribution in [0.15, 0.2) is 0 Å². The largest absolute Gasteiger partial charge is 0.382 e. The molecule has 0 atom stereocenters. The van der Waals surface area contributed by atoms with E-state index in [9.17, 15) is 4.79 Å². The molecule has 0 aliphatic heterocycles. The molecule has 0 saturated heterocycles. The number of carbonyl (C=O) groups is 1. The SMILES string of the molecule is C#CCNC(=O)COCCOCCOC. The first-order chi connectivity index (χ1) is 7.31. The predicted octanol–water partition coefficient (Wildman–Crippen LogP) is -0.585. The lowest BCUT2D eigenvalue weighted by Crippen LogP contribution is -2.28. The minimum absolute atomic E-state index is 0.00924. The number of nitrogens with one attached hydrogen (secondary N) is 1. The third kappa shape index (κ3) is 10.8. The second kappa shape index (κ2) is 11.0. The van der Waals surface area contributed by atoms with Gasteiger partial charge in [0.15, 0.2) is 0 Å². The van der Waals surface area contributed by atoms with Gasteiger partial charge in [0.1, 0.15) is 6.61 Å². The molecule has 5 nitrogen and oxygen atoms in total. The summed E-state index contributed by atoms with van der Waals surface area (Å²) in [6, 6.07) is 0. The lowest BCUT2D eigenvalue weighted by atomic mass is 10.6. The van der Waals surface area contributed by atoms with Crippen molar-refractivity contribution in [3.05, 3.63) is 0 Å². The first-order valence-corrected chi connectivity index (χ1v) is 4.66. The van der Waals surface area contributed by atoms with Crippen molar-refractivity contribution >= 4 is 5.91 Å². The van der Waals surface area contributed by atoms with Crippen LogP contribution in [0.1, 0.15) is 0 Å². The molecular formula is C10H17NO4. The van der Waals surface area contributed by atoms with E-state index < -0.39 is 0 Å². The van der Waals surface area contributed by atoms with Crippen molar-refractivity contribution in [3.8, 4) is 12.3 Å². The summed E-state index contributed by atoms with van der Waals surface area (Å²) >= 11 is 0. The third-order valence-electron chi connectivity index (χ3n) is 1.42. The van der Waals surface area contributed by atoms with E-state index in [1.807, 2.05) is 0 Å². The standard InChI is InChI=1S/C10H17NO4/c1-3-4-11-10(12)9-15-8-7-14-6-5-13-2/h1H,4-9H2,2H3,(H,11,12). The Morgan fingerprint density at radius 2 is 1.93 bits per heavy atom. The monoisotopic (exact) mass is 215 g/mol. The van der Waals surface area contributed by atoms with Crippen molar-refractivity contribution in [2.75, 3.05) is 46.7 Å². The molecule has 0 rings (SSSR count). The van der Waals surface area contributed by atoms with E-state index in [-0.39, 0.29) is 19.1 Å². The summed E-state index contributed by atoms with van der Waals surface area (Å²) in [5.41, 5.74) is 0. The fraction of sp³-hybridized carbons (Fsp3) is 0.700. The van der Waals surface area contributed by atoms with Gasteiger partial charge in [0.05, 0.1) is 33.0 Å². The maximum atomic E-state index is 10.9. The Hall–Kier alpha value is -1.09. The maximum absolute atomic E-state index is 10.9. The van der Waals surface area contributed by atoms with Gasteiger partial charge in [-0.05, 0) is 0 Å². The van der Waals surface area contributed by atoms with Gasteiger partial charge in [-0.2, -0.15) is 0 Å². The van der Waals surface area contributed by atoms with E-state index in [1.54, 1.807) is 7.11 Å². The Bertz CT molecular complexity index is 200. The van der Waals surface area contributed by atoms with Gasteiger partial charge in [0.2, 0.25) is 5.91 Å². The van der Waals surface area contributed by atoms with Gasteiger partial charge >= 0.3 is 0 Å². The highest BCUT2D eigenvalue weighted by Gasteiger charge is 1.98. The Labute approximate surface area is 90.1 Å². The van der Waals surface area contributed by atoms with E-state index in [2.05, 4.69) is 11.2 Å². The quantitative estimate of drug-likeness (QED) is 0.413. The van der Waals surface area contributed by atoms with Gasteiger partial charge < -0.3 is 19.5 Å². The number of terminal acetylenes is 1. The van der Waals surface area contributed by atoms with E-state index in [0.717, 1.165) is 0 Å². The molecule has 0 aliphatic carbocycles. The highest BCUT2D eigenvalue weighted by Crippen LogP contribution is 1.79. The van der Waals surface area contributed by atoms with Gasteiger partial charge in [0, 0.05) is 7.11 Å². The van der Waals surface area contributed by atoms with Crippen LogP contribution in [0.5, 0.6) is 0 Å². The third-order valence-corrected chi connectivity index (χ3v) is 1.42. The number of carbonyl (C=O) groups excluding carboxylic acids is 1. The van der Waals surface area contributed by atoms with Crippen LogP contribution in [0.4, 0.5) is 0 Å². The van der Waals surface area contributed by atoms with Crippen molar-refractivity contribution < 1.29 is 19.0 Å². The van der Waals surface area contributed by atoms with Crippen molar-refractivity contribution in [3.63, 3.8) is 0 Å². The molecular weight excluding hydrogens is 198 g/mol. The van der Waals surface area contributed by atoms with Crippen LogP contribution in [0.25, 0.3) is 0 Å². The Morgan fingerprint density at radius 1 is 1.27 bits per heavy atom. The van der Waals surface area contributed by atoms with Crippen molar-refractivity contribution in [1.29, 1.82) is 0 Å². The molecule has 0 spiro atoms. The van der Waals surface area contributed by atoms with Crippen molar-refractivity contribution in [2.24, 2.45) is 0 Å². The molecule has 0 bridgehead atoms. The number of ether oxygens (including phenoxy) is 3. The molecule has 0 aliphatic rings. The molecule has 0 aromatic heterocycles. The van der Waals surface area contributed by atoms with Crippen molar-refractivity contribution in [1.82, 2.24) is 5.32 Å². The molecule has 1 N–H and O–H groups in total. The fourth-order valence-electron chi connectivity index (χ4n) is 0.728. The van der Waals surface area contributed by atoms with Gasteiger partial charge in [-0.15, -0.1) is 6.42 Å². The normalized spacial score (nSPS) is 9.60. The van der Waals surface area contributed by atoms with Crippen molar-refractivity contribution in [2.45, 2.75) is 0 Å². The van der Waals surface area contributed by atoms with Gasteiger partial charge in [-0.3, -0.25) is 4.79 Å².